The van der Waals surface area contributed by atoms with Gasteiger partial charge in [0.25, 0.3) is 0 Å². The largest absolute Gasteiger partial charge is 0.462 e. The van der Waals surface area contributed by atoms with E-state index in [2.05, 4.69) is 106 Å². The van der Waals surface area contributed by atoms with Crippen LogP contribution < -0.4 is 0 Å². The predicted octanol–water partition coefficient (Wildman–Crippen LogP) is 17.7. The Balaban J connectivity index is 4.40. The molecule has 0 saturated heterocycles. The van der Waals surface area contributed by atoms with Gasteiger partial charge in [0, 0.05) is 12.8 Å². The maximum atomic E-state index is 12.8. The maximum absolute atomic E-state index is 12.8. The number of hydrogen-bond acceptors (Lipinski definition) is 5. The van der Waals surface area contributed by atoms with E-state index in [1.54, 1.807) is 0 Å². The van der Waals surface area contributed by atoms with Crippen molar-refractivity contribution in [2.45, 2.75) is 245 Å². The van der Waals surface area contributed by atoms with Crippen molar-refractivity contribution in [2.24, 2.45) is 0 Å². The van der Waals surface area contributed by atoms with Crippen LogP contribution in [0.1, 0.15) is 239 Å². The molecule has 0 aliphatic heterocycles. The van der Waals surface area contributed by atoms with Gasteiger partial charge in [0.05, 0.1) is 13.2 Å². The van der Waals surface area contributed by atoms with E-state index in [9.17, 15) is 9.59 Å². The molecule has 0 aromatic carbocycles. The van der Waals surface area contributed by atoms with Crippen LogP contribution in [0.5, 0.6) is 0 Å². The normalized spacial score (nSPS) is 12.9. The van der Waals surface area contributed by atoms with Gasteiger partial charge in [-0.25, -0.2) is 0 Å². The fourth-order valence-electron chi connectivity index (χ4n) is 7.08. The number of hydrogen-bond donors (Lipinski definition) is 0. The molecule has 0 radical (unpaired) electrons. The Hall–Kier alpha value is -2.92. The molecule has 0 saturated carbocycles. The van der Waals surface area contributed by atoms with Crippen molar-refractivity contribution in [3.8, 4) is 0 Å². The molecule has 0 N–H and O–H groups in total. The quantitative estimate of drug-likeness (QED) is 0.0346. The summed E-state index contributed by atoms with van der Waals surface area (Å²) in [6.07, 6.45) is 68.9. The van der Waals surface area contributed by atoms with Crippen molar-refractivity contribution < 1.29 is 23.8 Å². The second kappa shape index (κ2) is 52.4. The number of allylic oxidation sites excluding steroid dienone is 13. The molecular weight excluding hydrogens is 765 g/mol. The summed E-state index contributed by atoms with van der Waals surface area (Å²) < 4.78 is 17.3. The van der Waals surface area contributed by atoms with Gasteiger partial charge in [-0.05, 0) is 83.5 Å². The highest BCUT2D eigenvalue weighted by atomic mass is 16.6. The summed E-state index contributed by atoms with van der Waals surface area (Å²) in [5.41, 5.74) is 0. The van der Waals surface area contributed by atoms with Gasteiger partial charge in [0.2, 0.25) is 0 Å². The standard InChI is InChI=1S/C57H98O5/c1-4-7-10-13-16-19-22-25-28-31-34-37-40-43-46-49-52-60-53-55(62-57(59)51-48-45-42-39-36-33-30-27-24-21-18-15-12-9-6-3)54-61-56(58)50-47-44-41-38-35-32-29-26-23-20-17-14-11-8-5-2/h7,10,16-17,19-20,25-26,28-29,34,37,43,46,55H,4-6,8-9,11-15,18,21-24,27,30-33,35-36,38-42,44-45,47-54H2,1-3H3/b10-7-,19-16-,20-17-,28-25-,29-26-,37-34-,46-43-. The first-order valence-electron chi connectivity index (χ1n) is 26.1. The summed E-state index contributed by atoms with van der Waals surface area (Å²) >= 11 is 0. The van der Waals surface area contributed by atoms with E-state index >= 15 is 0 Å². The zero-order valence-electron chi connectivity index (χ0n) is 40.9. The molecule has 0 spiro atoms. The topological polar surface area (TPSA) is 61.8 Å². The first kappa shape index (κ1) is 59.1. The SMILES string of the molecule is CC/C=C\C/C=C\C/C=C\C/C=C\C/C=C\CCOCC(COC(=O)CCCCCCC/C=C\C/C=C\CCCCC)OC(=O)CCCCCCCCCCCCCCCCC. The van der Waals surface area contributed by atoms with Gasteiger partial charge in [0.15, 0.2) is 6.10 Å². The van der Waals surface area contributed by atoms with E-state index in [1.165, 1.54) is 122 Å². The van der Waals surface area contributed by atoms with Gasteiger partial charge in [-0.2, -0.15) is 0 Å². The number of esters is 2. The van der Waals surface area contributed by atoms with Crippen molar-refractivity contribution in [1.29, 1.82) is 0 Å². The Labute approximate surface area is 384 Å². The van der Waals surface area contributed by atoms with Gasteiger partial charge >= 0.3 is 11.9 Å². The second-order valence-electron chi connectivity index (χ2n) is 17.0. The summed E-state index contributed by atoms with van der Waals surface area (Å²) in [4.78, 5) is 25.4. The molecule has 62 heavy (non-hydrogen) atoms. The lowest BCUT2D eigenvalue weighted by Crippen LogP contribution is -2.30. The van der Waals surface area contributed by atoms with Crippen LogP contribution in [0.4, 0.5) is 0 Å². The highest BCUT2D eigenvalue weighted by molar-refractivity contribution is 5.70. The minimum Gasteiger partial charge on any atom is -0.462 e. The number of carbonyl (C=O) groups excluding carboxylic acids is 2. The van der Waals surface area contributed by atoms with Gasteiger partial charge < -0.3 is 14.2 Å². The summed E-state index contributed by atoms with van der Waals surface area (Å²) in [5.74, 6) is -0.450. The molecule has 356 valence electrons. The van der Waals surface area contributed by atoms with E-state index in [0.29, 0.717) is 19.4 Å². The Kier molecular flexibility index (Phi) is 50.0. The monoisotopic (exact) mass is 863 g/mol. The second-order valence-corrected chi connectivity index (χ2v) is 17.0. The van der Waals surface area contributed by atoms with Crippen LogP contribution in [-0.4, -0.2) is 37.9 Å². The van der Waals surface area contributed by atoms with E-state index in [-0.39, 0.29) is 25.2 Å². The zero-order valence-corrected chi connectivity index (χ0v) is 40.9. The molecule has 0 amide bonds. The summed E-state index contributed by atoms with van der Waals surface area (Å²) in [6.45, 7) is 7.48. The predicted molar refractivity (Wildman–Crippen MR) is 270 cm³/mol. The molecule has 0 aliphatic carbocycles. The lowest BCUT2D eigenvalue weighted by Gasteiger charge is -2.18. The molecule has 0 bridgehead atoms. The van der Waals surface area contributed by atoms with Crippen molar-refractivity contribution in [3.05, 3.63) is 85.1 Å². The molecule has 0 fully saturated rings. The van der Waals surface area contributed by atoms with Crippen LogP contribution in [0.2, 0.25) is 0 Å². The van der Waals surface area contributed by atoms with E-state index in [0.717, 1.165) is 83.5 Å². The first-order valence-corrected chi connectivity index (χ1v) is 26.1. The van der Waals surface area contributed by atoms with Crippen molar-refractivity contribution in [1.82, 2.24) is 0 Å². The maximum Gasteiger partial charge on any atom is 0.306 e. The molecule has 5 heteroatoms. The van der Waals surface area contributed by atoms with Crippen molar-refractivity contribution >= 4 is 11.9 Å². The lowest BCUT2D eigenvalue weighted by atomic mass is 10.0. The third kappa shape index (κ3) is 49.7. The van der Waals surface area contributed by atoms with Crippen molar-refractivity contribution in [3.63, 3.8) is 0 Å². The molecule has 1 unspecified atom stereocenters. The smallest absolute Gasteiger partial charge is 0.306 e. The molecule has 0 aliphatic rings. The molecule has 0 rings (SSSR count). The fourth-order valence-corrected chi connectivity index (χ4v) is 7.08. The third-order valence-corrected chi connectivity index (χ3v) is 10.9. The molecule has 0 heterocycles. The summed E-state index contributed by atoms with van der Waals surface area (Å²) in [6, 6.07) is 0. The Morgan fingerprint density at radius 2 is 0.726 bits per heavy atom. The van der Waals surface area contributed by atoms with Crippen LogP contribution in [-0.2, 0) is 23.8 Å². The average molecular weight is 863 g/mol. The summed E-state index contributed by atoms with van der Waals surface area (Å²) in [5, 5.41) is 0. The van der Waals surface area contributed by atoms with Gasteiger partial charge in [0.1, 0.15) is 6.61 Å². The highest BCUT2D eigenvalue weighted by Crippen LogP contribution is 2.15. The molecular formula is C57H98O5. The summed E-state index contributed by atoms with van der Waals surface area (Å²) in [7, 11) is 0. The van der Waals surface area contributed by atoms with E-state index < -0.39 is 6.10 Å². The van der Waals surface area contributed by atoms with Crippen LogP contribution in [0, 0.1) is 0 Å². The average Bonchev–Trinajstić information content (AvgIpc) is 3.27. The lowest BCUT2D eigenvalue weighted by molar-refractivity contribution is -0.162. The highest BCUT2D eigenvalue weighted by Gasteiger charge is 2.17. The third-order valence-electron chi connectivity index (χ3n) is 10.9. The number of carbonyl (C=O) groups is 2. The molecule has 5 nitrogen and oxygen atoms in total. The van der Waals surface area contributed by atoms with Gasteiger partial charge in [-0.1, -0.05) is 228 Å². The van der Waals surface area contributed by atoms with Crippen LogP contribution in [0.25, 0.3) is 0 Å². The number of unbranched alkanes of at least 4 members (excludes halogenated alkanes) is 22. The van der Waals surface area contributed by atoms with E-state index in [1.807, 2.05) is 0 Å². The van der Waals surface area contributed by atoms with Crippen LogP contribution in [0.3, 0.4) is 0 Å². The molecule has 0 aromatic rings. The molecule has 1 atom stereocenters. The minimum absolute atomic E-state index is 0.0470. The van der Waals surface area contributed by atoms with Gasteiger partial charge in [-0.15, -0.1) is 0 Å². The first-order chi connectivity index (χ1) is 30.6. The number of ether oxygens (including phenoxy) is 3. The number of rotatable bonds is 47. The van der Waals surface area contributed by atoms with Crippen LogP contribution >= 0.6 is 0 Å². The van der Waals surface area contributed by atoms with Crippen LogP contribution in [0.15, 0.2) is 85.1 Å². The van der Waals surface area contributed by atoms with E-state index in [4.69, 9.17) is 14.2 Å². The minimum atomic E-state index is -0.583. The van der Waals surface area contributed by atoms with Crippen molar-refractivity contribution in [2.75, 3.05) is 19.8 Å². The zero-order chi connectivity index (χ0) is 44.9. The Bertz CT molecular complexity index is 1160. The Morgan fingerprint density at radius 1 is 0.371 bits per heavy atom. The Morgan fingerprint density at radius 3 is 1.19 bits per heavy atom. The fraction of sp³-hybridized carbons (Fsp3) is 0.719. The van der Waals surface area contributed by atoms with Gasteiger partial charge in [-0.3, -0.25) is 9.59 Å². The molecule has 0 aromatic heterocycles.